The second-order valence-corrected chi connectivity index (χ2v) is 11.1. The number of benzene rings is 1. The summed E-state index contributed by atoms with van der Waals surface area (Å²) in [6.07, 6.45) is 0.169. The van der Waals surface area contributed by atoms with Crippen molar-refractivity contribution < 1.29 is 9.90 Å². The molecule has 0 spiro atoms. The van der Waals surface area contributed by atoms with Gasteiger partial charge in [-0.25, -0.2) is 9.78 Å². The second kappa shape index (κ2) is 11.2. The maximum Gasteiger partial charge on any atom is 0.332 e. The lowest BCUT2D eigenvalue weighted by Crippen LogP contribution is -2.53. The number of fused-ring (bicyclic) bond motifs is 2. The van der Waals surface area contributed by atoms with Crippen LogP contribution in [0.1, 0.15) is 31.7 Å². The first-order valence-electron chi connectivity index (χ1n) is 13.1. The molecule has 4 aromatic rings. The molecule has 0 aliphatic carbocycles. The van der Waals surface area contributed by atoms with Gasteiger partial charge in [-0.2, -0.15) is 4.98 Å². The number of aliphatic hydroxyl groups is 1. The van der Waals surface area contributed by atoms with E-state index in [2.05, 4.69) is 22.1 Å². The number of hydrogen-bond donors (Lipinski definition) is 3. The summed E-state index contributed by atoms with van der Waals surface area (Å²) in [6, 6.07) is 6.73. The summed E-state index contributed by atoms with van der Waals surface area (Å²) < 4.78 is 5.29. The number of anilines is 1. The van der Waals surface area contributed by atoms with Crippen molar-refractivity contribution in [3.8, 4) is 11.8 Å². The van der Waals surface area contributed by atoms with Gasteiger partial charge in [-0.05, 0) is 38.8 Å². The lowest BCUT2D eigenvalue weighted by atomic mass is 10.1. The van der Waals surface area contributed by atoms with Crippen molar-refractivity contribution in [2.75, 3.05) is 18.0 Å². The number of imidazole rings is 1. The fourth-order valence-electron chi connectivity index (χ4n) is 4.97. The molecule has 1 aromatic carbocycles. The average Bonchev–Trinajstić information content (AvgIpc) is 3.54. The lowest BCUT2D eigenvalue weighted by Gasteiger charge is -2.34. The van der Waals surface area contributed by atoms with Crippen LogP contribution in [0.2, 0.25) is 0 Å². The molecule has 12 nitrogen and oxygen atoms in total. The van der Waals surface area contributed by atoms with Crippen LogP contribution in [0.25, 0.3) is 21.4 Å². The highest BCUT2D eigenvalue weighted by Crippen LogP contribution is 2.24. The summed E-state index contributed by atoms with van der Waals surface area (Å²) in [7, 11) is 1.60. The van der Waals surface area contributed by atoms with E-state index in [1.54, 1.807) is 25.5 Å². The van der Waals surface area contributed by atoms with Crippen LogP contribution in [0.5, 0.6) is 0 Å². The highest BCUT2D eigenvalue weighted by atomic mass is 32.1. The monoisotopic (exact) mass is 564 g/mol. The molecule has 13 heteroatoms. The van der Waals surface area contributed by atoms with Crippen molar-refractivity contribution in [2.24, 2.45) is 12.8 Å². The SMILES string of the molecule is CC#CCn1c(N2CCC[C@@H](NC(=O)[C@H](O)C(C)N)C2)nc2c1c(=O)n(Cc1nc3ccccc3s1)c(=O)n2C. The number of hydrogen-bond acceptors (Lipinski definition) is 9. The van der Waals surface area contributed by atoms with Gasteiger partial charge in [0.2, 0.25) is 5.95 Å². The molecule has 1 aliphatic rings. The number of amides is 1. The normalized spacial score (nSPS) is 17.0. The molecule has 1 fully saturated rings. The third kappa shape index (κ3) is 5.13. The molecule has 5 rings (SSSR count). The van der Waals surface area contributed by atoms with E-state index in [4.69, 9.17) is 10.7 Å². The number of aliphatic hydroxyl groups excluding tert-OH is 1. The molecule has 4 N–H and O–H groups in total. The standard InChI is InChI=1S/C27H32N8O4S/c1-4-5-13-34-21-23(31-26(34)33-12-8-9-17(14-33)29-24(37)22(36)16(2)28)32(3)27(39)35(25(21)38)15-20-30-18-10-6-7-11-19(18)40-20/h6-7,10-11,16-17,22,36H,8-9,12-15,28H2,1-3H3,(H,29,37)/t16?,17-,22-/m1/s1. The number of nitrogens with zero attached hydrogens (tertiary/aromatic N) is 6. The zero-order chi connectivity index (χ0) is 28.6. The number of carbonyl (C=O) groups excluding carboxylic acids is 1. The van der Waals surface area contributed by atoms with Crippen LogP contribution in [-0.4, -0.2) is 66.0 Å². The summed E-state index contributed by atoms with van der Waals surface area (Å²) in [6.45, 7) is 4.58. The van der Waals surface area contributed by atoms with Crippen LogP contribution in [0.4, 0.5) is 5.95 Å². The van der Waals surface area contributed by atoms with Crippen LogP contribution in [0.15, 0.2) is 33.9 Å². The van der Waals surface area contributed by atoms with Gasteiger partial charge in [0, 0.05) is 32.2 Å². The summed E-state index contributed by atoms with van der Waals surface area (Å²) in [5.74, 6) is 5.87. The Morgan fingerprint density at radius 2 is 2.05 bits per heavy atom. The van der Waals surface area contributed by atoms with E-state index in [0.717, 1.165) is 23.1 Å². The minimum Gasteiger partial charge on any atom is -0.382 e. The molecule has 0 bridgehead atoms. The Morgan fingerprint density at radius 3 is 2.77 bits per heavy atom. The molecule has 1 amide bonds. The maximum absolute atomic E-state index is 13.9. The first-order valence-corrected chi connectivity index (χ1v) is 13.9. The summed E-state index contributed by atoms with van der Waals surface area (Å²) in [5.41, 5.74) is 6.10. The Bertz CT molecular complexity index is 1720. The minimum atomic E-state index is -1.30. The van der Waals surface area contributed by atoms with E-state index in [0.29, 0.717) is 24.0 Å². The van der Waals surface area contributed by atoms with E-state index in [-0.39, 0.29) is 30.3 Å². The van der Waals surface area contributed by atoms with Crippen molar-refractivity contribution in [1.82, 2.24) is 29.0 Å². The van der Waals surface area contributed by atoms with Gasteiger partial charge in [-0.1, -0.05) is 18.1 Å². The van der Waals surface area contributed by atoms with Crippen LogP contribution < -0.4 is 27.2 Å². The fourth-order valence-corrected chi connectivity index (χ4v) is 5.93. The van der Waals surface area contributed by atoms with Crippen molar-refractivity contribution in [3.63, 3.8) is 0 Å². The third-order valence-corrected chi connectivity index (χ3v) is 8.10. The highest BCUT2D eigenvalue weighted by molar-refractivity contribution is 7.18. The maximum atomic E-state index is 13.9. The molecule has 0 saturated carbocycles. The van der Waals surface area contributed by atoms with Crippen LogP contribution in [-0.2, 0) is 24.9 Å². The highest BCUT2D eigenvalue weighted by Gasteiger charge is 2.29. The number of nitrogens with one attached hydrogen (secondary N) is 1. The molecule has 1 aliphatic heterocycles. The quantitative estimate of drug-likeness (QED) is 0.272. The smallest absolute Gasteiger partial charge is 0.332 e. The fraction of sp³-hybridized carbons (Fsp3) is 0.444. The van der Waals surface area contributed by atoms with Gasteiger partial charge in [-0.3, -0.25) is 23.3 Å². The summed E-state index contributed by atoms with van der Waals surface area (Å²) in [4.78, 5) is 51.0. The van der Waals surface area contributed by atoms with Gasteiger partial charge in [0.15, 0.2) is 11.2 Å². The predicted molar refractivity (Wildman–Crippen MR) is 154 cm³/mol. The first-order chi connectivity index (χ1) is 19.2. The van der Waals surface area contributed by atoms with Gasteiger partial charge in [0.1, 0.15) is 11.1 Å². The zero-order valence-electron chi connectivity index (χ0n) is 22.6. The number of para-hydroxylation sites is 1. The molecule has 4 heterocycles. The van der Waals surface area contributed by atoms with Crippen LogP contribution in [0, 0.1) is 11.8 Å². The summed E-state index contributed by atoms with van der Waals surface area (Å²) >= 11 is 1.44. The Labute approximate surface area is 234 Å². The lowest BCUT2D eigenvalue weighted by molar-refractivity contribution is -0.130. The Hall–Kier alpha value is -3.99. The third-order valence-electron chi connectivity index (χ3n) is 7.08. The molecule has 1 saturated heterocycles. The van der Waals surface area contributed by atoms with Gasteiger partial charge < -0.3 is 21.1 Å². The van der Waals surface area contributed by atoms with E-state index in [1.165, 1.54) is 20.5 Å². The number of aromatic nitrogens is 5. The number of thiazole rings is 1. The van der Waals surface area contributed by atoms with E-state index < -0.39 is 29.3 Å². The molecule has 3 atom stereocenters. The van der Waals surface area contributed by atoms with Crippen molar-refractivity contribution in [1.29, 1.82) is 0 Å². The number of rotatable bonds is 7. The van der Waals surface area contributed by atoms with Crippen LogP contribution in [0.3, 0.4) is 0 Å². The van der Waals surface area contributed by atoms with Gasteiger partial charge >= 0.3 is 5.69 Å². The van der Waals surface area contributed by atoms with Gasteiger partial charge in [0.05, 0.1) is 23.3 Å². The molecule has 0 radical (unpaired) electrons. The van der Waals surface area contributed by atoms with E-state index in [1.807, 2.05) is 29.2 Å². The van der Waals surface area contributed by atoms with Crippen molar-refractivity contribution >= 4 is 44.6 Å². The molecule has 3 aromatic heterocycles. The van der Waals surface area contributed by atoms with E-state index >= 15 is 0 Å². The number of nitrogens with two attached hydrogens (primary N) is 1. The van der Waals surface area contributed by atoms with Crippen LogP contribution >= 0.6 is 11.3 Å². The number of piperidine rings is 1. The molecular weight excluding hydrogens is 532 g/mol. The van der Waals surface area contributed by atoms with Crippen molar-refractivity contribution in [2.45, 2.75) is 58.0 Å². The van der Waals surface area contributed by atoms with Gasteiger partial charge in [-0.15, -0.1) is 17.3 Å². The molecular formula is C27H32N8O4S. The Morgan fingerprint density at radius 1 is 1.27 bits per heavy atom. The zero-order valence-corrected chi connectivity index (χ0v) is 23.4. The average molecular weight is 565 g/mol. The Balaban J connectivity index is 1.55. The van der Waals surface area contributed by atoms with Gasteiger partial charge in [0.25, 0.3) is 11.5 Å². The second-order valence-electron chi connectivity index (χ2n) is 10.0. The first kappa shape index (κ1) is 27.6. The Kier molecular flexibility index (Phi) is 7.75. The minimum absolute atomic E-state index is 0.0421. The number of aryl methyl sites for hydroxylation is 1. The summed E-state index contributed by atoms with van der Waals surface area (Å²) in [5, 5.41) is 13.6. The topological polar surface area (TPSA) is 153 Å². The molecule has 210 valence electrons. The van der Waals surface area contributed by atoms with Crippen molar-refractivity contribution in [3.05, 3.63) is 50.1 Å². The molecule has 1 unspecified atom stereocenters. The number of carbonyl (C=O) groups is 1. The largest absolute Gasteiger partial charge is 0.382 e. The predicted octanol–water partition coefficient (Wildman–Crippen LogP) is 0.371. The van der Waals surface area contributed by atoms with E-state index in [9.17, 15) is 19.5 Å². The molecule has 40 heavy (non-hydrogen) atoms.